The highest BCUT2D eigenvalue weighted by Gasteiger charge is 2.09. The predicted molar refractivity (Wildman–Crippen MR) is 55.9 cm³/mol. The number of benzene rings is 1. The molecular formula is C9H14N2O2S. The third kappa shape index (κ3) is 2.80. The van der Waals surface area contributed by atoms with Crippen LogP contribution in [0.5, 0.6) is 0 Å². The van der Waals surface area contributed by atoms with E-state index < -0.39 is 10.0 Å². The molecule has 0 radical (unpaired) electrons. The lowest BCUT2D eigenvalue weighted by Gasteiger charge is -2.08. The molecule has 0 spiro atoms. The number of nitrogens with two attached hydrogens (primary N) is 2. The summed E-state index contributed by atoms with van der Waals surface area (Å²) in [5.74, 6) is -0.132. The van der Waals surface area contributed by atoms with E-state index in [9.17, 15) is 8.42 Å². The van der Waals surface area contributed by atoms with Crippen molar-refractivity contribution in [2.75, 3.05) is 0 Å². The minimum absolute atomic E-state index is 0.132. The fraction of sp³-hybridized carbons (Fsp3) is 0.333. The summed E-state index contributed by atoms with van der Waals surface area (Å²) in [5, 5.41) is 4.97. The zero-order valence-electron chi connectivity index (χ0n) is 8.03. The van der Waals surface area contributed by atoms with Crippen LogP contribution >= 0.6 is 0 Å². The van der Waals surface area contributed by atoms with E-state index in [4.69, 9.17) is 10.9 Å². The van der Waals surface area contributed by atoms with Gasteiger partial charge in [0.1, 0.15) is 0 Å². The average molecular weight is 214 g/mol. The van der Waals surface area contributed by atoms with Crippen LogP contribution in [-0.2, 0) is 22.3 Å². The molecule has 0 fully saturated rings. The molecule has 0 unspecified atom stereocenters. The molecule has 0 heterocycles. The van der Waals surface area contributed by atoms with E-state index in [0.717, 1.165) is 16.7 Å². The van der Waals surface area contributed by atoms with Gasteiger partial charge >= 0.3 is 0 Å². The maximum absolute atomic E-state index is 10.9. The van der Waals surface area contributed by atoms with Gasteiger partial charge in [0, 0.05) is 6.54 Å². The van der Waals surface area contributed by atoms with Crippen molar-refractivity contribution in [3.63, 3.8) is 0 Å². The highest BCUT2D eigenvalue weighted by atomic mass is 32.2. The van der Waals surface area contributed by atoms with E-state index in [-0.39, 0.29) is 5.75 Å². The topological polar surface area (TPSA) is 86.2 Å². The van der Waals surface area contributed by atoms with Crippen LogP contribution in [0, 0.1) is 6.92 Å². The number of hydrogen-bond donors (Lipinski definition) is 2. The van der Waals surface area contributed by atoms with Gasteiger partial charge in [0.15, 0.2) is 0 Å². The van der Waals surface area contributed by atoms with Gasteiger partial charge in [0.05, 0.1) is 5.75 Å². The lowest BCUT2D eigenvalue weighted by Crippen LogP contribution is -2.15. The Morgan fingerprint density at radius 3 is 2.36 bits per heavy atom. The van der Waals surface area contributed by atoms with Crippen molar-refractivity contribution in [1.82, 2.24) is 0 Å². The molecule has 1 aromatic carbocycles. The second-order valence-electron chi connectivity index (χ2n) is 3.21. The number of rotatable bonds is 3. The lowest BCUT2D eigenvalue weighted by atomic mass is 10.0. The van der Waals surface area contributed by atoms with E-state index in [0.29, 0.717) is 6.54 Å². The highest BCUT2D eigenvalue weighted by Crippen LogP contribution is 2.14. The summed E-state index contributed by atoms with van der Waals surface area (Å²) >= 11 is 0. The Morgan fingerprint density at radius 2 is 1.86 bits per heavy atom. The van der Waals surface area contributed by atoms with Crippen LogP contribution in [0.4, 0.5) is 0 Å². The first kappa shape index (κ1) is 11.2. The number of hydrogen-bond acceptors (Lipinski definition) is 3. The normalized spacial score (nSPS) is 11.6. The van der Waals surface area contributed by atoms with Gasteiger partial charge in [-0.1, -0.05) is 18.2 Å². The van der Waals surface area contributed by atoms with Crippen molar-refractivity contribution >= 4 is 10.0 Å². The highest BCUT2D eigenvalue weighted by molar-refractivity contribution is 7.88. The van der Waals surface area contributed by atoms with E-state index in [1.165, 1.54) is 0 Å². The Balaban J connectivity index is 3.10. The third-order valence-corrected chi connectivity index (χ3v) is 2.85. The molecular weight excluding hydrogens is 200 g/mol. The summed E-state index contributed by atoms with van der Waals surface area (Å²) in [6.07, 6.45) is 0. The Bertz CT molecular complexity index is 426. The van der Waals surface area contributed by atoms with Crippen molar-refractivity contribution in [3.05, 3.63) is 34.9 Å². The SMILES string of the molecule is Cc1c(CN)cccc1CS(N)(=O)=O. The average Bonchev–Trinajstić information content (AvgIpc) is 2.06. The summed E-state index contributed by atoms with van der Waals surface area (Å²) in [6, 6.07) is 5.41. The van der Waals surface area contributed by atoms with Crippen molar-refractivity contribution in [3.8, 4) is 0 Å². The van der Waals surface area contributed by atoms with Crippen LogP contribution in [0.1, 0.15) is 16.7 Å². The van der Waals surface area contributed by atoms with Gasteiger partial charge in [-0.05, 0) is 23.6 Å². The molecule has 5 heteroatoms. The molecule has 1 rings (SSSR count). The maximum Gasteiger partial charge on any atom is 0.213 e. The fourth-order valence-corrected chi connectivity index (χ4v) is 2.08. The first-order valence-corrected chi connectivity index (χ1v) is 5.93. The largest absolute Gasteiger partial charge is 0.326 e. The Kier molecular flexibility index (Phi) is 3.25. The molecule has 0 amide bonds. The van der Waals surface area contributed by atoms with E-state index in [1.54, 1.807) is 12.1 Å². The van der Waals surface area contributed by atoms with Crippen LogP contribution in [0.15, 0.2) is 18.2 Å². The van der Waals surface area contributed by atoms with E-state index in [2.05, 4.69) is 0 Å². The summed E-state index contributed by atoms with van der Waals surface area (Å²) in [6.45, 7) is 2.26. The monoisotopic (exact) mass is 214 g/mol. The zero-order chi connectivity index (χ0) is 10.8. The fourth-order valence-electron chi connectivity index (χ4n) is 1.33. The zero-order valence-corrected chi connectivity index (χ0v) is 8.84. The smallest absolute Gasteiger partial charge is 0.213 e. The molecule has 0 aliphatic heterocycles. The predicted octanol–water partition coefficient (Wildman–Crippen LogP) is 0.242. The van der Waals surface area contributed by atoms with Gasteiger partial charge in [0.25, 0.3) is 0 Å². The molecule has 4 N–H and O–H groups in total. The third-order valence-electron chi connectivity index (χ3n) is 2.13. The second-order valence-corrected chi connectivity index (χ2v) is 4.83. The Labute approximate surface area is 84.0 Å². The van der Waals surface area contributed by atoms with Gasteiger partial charge < -0.3 is 5.73 Å². The first-order valence-electron chi connectivity index (χ1n) is 4.22. The molecule has 0 atom stereocenters. The Hall–Kier alpha value is -0.910. The molecule has 0 aliphatic carbocycles. The van der Waals surface area contributed by atoms with E-state index >= 15 is 0 Å². The number of primary sulfonamides is 1. The van der Waals surface area contributed by atoms with Gasteiger partial charge in [-0.2, -0.15) is 0 Å². The second kappa shape index (κ2) is 4.08. The van der Waals surface area contributed by atoms with Crippen LogP contribution in [-0.4, -0.2) is 8.42 Å². The molecule has 0 saturated carbocycles. The maximum atomic E-state index is 10.9. The van der Waals surface area contributed by atoms with Gasteiger partial charge in [0.2, 0.25) is 10.0 Å². The van der Waals surface area contributed by atoms with Crippen molar-refractivity contribution in [1.29, 1.82) is 0 Å². The van der Waals surface area contributed by atoms with Gasteiger partial charge in [-0.25, -0.2) is 13.6 Å². The van der Waals surface area contributed by atoms with Crippen molar-refractivity contribution in [2.45, 2.75) is 19.2 Å². The molecule has 78 valence electrons. The van der Waals surface area contributed by atoms with Crippen LogP contribution in [0.3, 0.4) is 0 Å². The molecule has 0 aromatic heterocycles. The minimum Gasteiger partial charge on any atom is -0.326 e. The lowest BCUT2D eigenvalue weighted by molar-refractivity contribution is 0.597. The standard InChI is InChI=1S/C9H14N2O2S/c1-7-8(5-10)3-2-4-9(7)6-14(11,12)13/h2-4H,5-6,10H2,1H3,(H2,11,12,13). The first-order chi connectivity index (χ1) is 6.44. The molecule has 0 bridgehead atoms. The Morgan fingerprint density at radius 1 is 1.29 bits per heavy atom. The molecule has 14 heavy (non-hydrogen) atoms. The molecule has 4 nitrogen and oxygen atoms in total. The van der Waals surface area contributed by atoms with Crippen molar-refractivity contribution in [2.24, 2.45) is 10.9 Å². The summed E-state index contributed by atoms with van der Waals surface area (Å²) in [7, 11) is -3.47. The van der Waals surface area contributed by atoms with Crippen LogP contribution < -0.4 is 10.9 Å². The van der Waals surface area contributed by atoms with E-state index in [1.807, 2.05) is 13.0 Å². The van der Waals surface area contributed by atoms with Crippen molar-refractivity contribution < 1.29 is 8.42 Å². The summed E-state index contributed by atoms with van der Waals surface area (Å²) in [4.78, 5) is 0. The number of sulfonamides is 1. The van der Waals surface area contributed by atoms with Crippen LogP contribution in [0.25, 0.3) is 0 Å². The quantitative estimate of drug-likeness (QED) is 0.755. The van der Waals surface area contributed by atoms with Gasteiger partial charge in [-0.3, -0.25) is 0 Å². The molecule has 0 saturated heterocycles. The summed E-state index contributed by atoms with van der Waals surface area (Å²) < 4.78 is 21.8. The van der Waals surface area contributed by atoms with Crippen LogP contribution in [0.2, 0.25) is 0 Å². The molecule has 1 aromatic rings. The molecule has 0 aliphatic rings. The van der Waals surface area contributed by atoms with Gasteiger partial charge in [-0.15, -0.1) is 0 Å². The minimum atomic E-state index is -3.47. The summed E-state index contributed by atoms with van der Waals surface area (Å²) in [5.41, 5.74) is 8.08.